The van der Waals surface area contributed by atoms with Crippen LogP contribution in [0.1, 0.15) is 22.8 Å². The van der Waals surface area contributed by atoms with Gasteiger partial charge in [-0.15, -0.1) is 0 Å². The van der Waals surface area contributed by atoms with Gasteiger partial charge in [0.05, 0.1) is 12.7 Å². The quantitative estimate of drug-likeness (QED) is 0.907. The topological polar surface area (TPSA) is 21.3 Å². The van der Waals surface area contributed by atoms with E-state index < -0.39 is 0 Å². The van der Waals surface area contributed by atoms with Gasteiger partial charge in [-0.1, -0.05) is 58.4 Å². The predicted octanol–water partition coefficient (Wildman–Crippen LogP) is 3.89. The zero-order valence-electron chi connectivity index (χ0n) is 12.2. The van der Waals surface area contributed by atoms with Gasteiger partial charge in [-0.2, -0.15) is 0 Å². The minimum absolute atomic E-state index is 0.118. The molecule has 0 amide bonds. The summed E-state index contributed by atoms with van der Waals surface area (Å²) < 4.78 is 7.25. The van der Waals surface area contributed by atoms with Gasteiger partial charge in [-0.05, 0) is 42.6 Å². The van der Waals surface area contributed by atoms with E-state index in [0.29, 0.717) is 0 Å². The lowest BCUT2D eigenvalue weighted by molar-refractivity contribution is 0.0172. The van der Waals surface area contributed by atoms with Gasteiger partial charge in [0.25, 0.3) is 0 Å². The number of hydrogen-bond donors (Lipinski definition) is 1. The first-order valence-electron chi connectivity index (χ1n) is 7.39. The van der Waals surface area contributed by atoms with Gasteiger partial charge < -0.3 is 10.1 Å². The highest BCUT2D eigenvalue weighted by atomic mass is 79.9. The van der Waals surface area contributed by atoms with Crippen molar-refractivity contribution in [3.05, 3.63) is 69.7 Å². The van der Waals surface area contributed by atoms with Crippen LogP contribution in [-0.2, 0) is 17.6 Å². The second kappa shape index (κ2) is 6.73. The molecule has 0 fully saturated rings. The van der Waals surface area contributed by atoms with Crippen LogP contribution >= 0.6 is 15.9 Å². The molecule has 1 N–H and O–H groups in total. The maximum atomic E-state index is 6.09. The van der Waals surface area contributed by atoms with Crippen molar-refractivity contribution in [2.24, 2.45) is 0 Å². The summed E-state index contributed by atoms with van der Waals surface area (Å²) in [6.45, 7) is 0.801. The minimum atomic E-state index is 0.118. The number of halogens is 1. The molecule has 0 saturated heterocycles. The average molecular weight is 346 g/mol. The monoisotopic (exact) mass is 345 g/mol. The molecule has 2 unspecified atom stereocenters. The van der Waals surface area contributed by atoms with Crippen LogP contribution in [0.4, 0.5) is 0 Å². The van der Waals surface area contributed by atoms with E-state index in [2.05, 4.69) is 63.7 Å². The molecule has 110 valence electrons. The van der Waals surface area contributed by atoms with Crippen LogP contribution in [0.25, 0.3) is 0 Å². The molecule has 3 rings (SSSR count). The first-order chi connectivity index (χ1) is 10.3. The SMILES string of the molecule is CNC(Cc1ccccc1Br)C1OCCc2ccccc21. The Balaban J connectivity index is 1.86. The molecule has 2 atom stereocenters. The lowest BCUT2D eigenvalue weighted by atomic mass is 9.90. The smallest absolute Gasteiger partial charge is 0.0983 e. The summed E-state index contributed by atoms with van der Waals surface area (Å²) in [5.41, 5.74) is 4.06. The van der Waals surface area contributed by atoms with Gasteiger partial charge in [0.1, 0.15) is 0 Å². The van der Waals surface area contributed by atoms with Crippen LogP contribution in [0.5, 0.6) is 0 Å². The Morgan fingerprint density at radius 2 is 1.95 bits per heavy atom. The van der Waals surface area contributed by atoms with Gasteiger partial charge in [0.2, 0.25) is 0 Å². The molecule has 0 bridgehead atoms. The molecule has 3 heteroatoms. The second-order valence-corrected chi connectivity index (χ2v) is 6.29. The molecule has 0 spiro atoms. The highest BCUT2D eigenvalue weighted by Gasteiger charge is 2.28. The minimum Gasteiger partial charge on any atom is -0.372 e. The maximum absolute atomic E-state index is 6.09. The predicted molar refractivity (Wildman–Crippen MR) is 89.5 cm³/mol. The van der Waals surface area contributed by atoms with Crippen molar-refractivity contribution in [2.45, 2.75) is 25.0 Å². The summed E-state index contributed by atoms with van der Waals surface area (Å²) >= 11 is 3.64. The largest absolute Gasteiger partial charge is 0.372 e. The van der Waals surface area contributed by atoms with Gasteiger partial charge in [-0.25, -0.2) is 0 Å². The standard InChI is InChI=1S/C18H20BrNO/c1-20-17(12-14-7-3-5-9-16(14)19)18-15-8-4-2-6-13(15)10-11-21-18/h2-9,17-18,20H,10-12H2,1H3. The van der Waals surface area contributed by atoms with Gasteiger partial charge in [0, 0.05) is 10.5 Å². The fourth-order valence-corrected chi connectivity index (χ4v) is 3.47. The van der Waals surface area contributed by atoms with Crippen LogP contribution < -0.4 is 5.32 Å². The number of nitrogens with one attached hydrogen (secondary N) is 1. The Morgan fingerprint density at radius 1 is 1.19 bits per heavy atom. The number of ether oxygens (including phenoxy) is 1. The second-order valence-electron chi connectivity index (χ2n) is 5.43. The fraction of sp³-hybridized carbons (Fsp3) is 0.333. The summed E-state index contributed by atoms with van der Waals surface area (Å²) in [6.07, 6.45) is 2.07. The molecule has 0 radical (unpaired) electrons. The summed E-state index contributed by atoms with van der Waals surface area (Å²) in [5, 5.41) is 3.44. The molecular weight excluding hydrogens is 326 g/mol. The average Bonchev–Trinajstić information content (AvgIpc) is 2.54. The van der Waals surface area contributed by atoms with Gasteiger partial charge >= 0.3 is 0 Å². The first kappa shape index (κ1) is 14.8. The lowest BCUT2D eigenvalue weighted by Crippen LogP contribution is -2.38. The highest BCUT2D eigenvalue weighted by Crippen LogP contribution is 2.31. The third-order valence-electron chi connectivity index (χ3n) is 4.16. The van der Waals surface area contributed by atoms with E-state index in [1.165, 1.54) is 16.7 Å². The number of hydrogen-bond acceptors (Lipinski definition) is 2. The molecule has 2 aromatic carbocycles. The summed E-state index contributed by atoms with van der Waals surface area (Å²) in [6, 6.07) is 17.3. The summed E-state index contributed by atoms with van der Waals surface area (Å²) in [7, 11) is 2.02. The Hall–Kier alpha value is -1.16. The van der Waals surface area contributed by atoms with Crippen molar-refractivity contribution in [3.8, 4) is 0 Å². The van der Waals surface area contributed by atoms with Crippen LogP contribution in [-0.4, -0.2) is 19.7 Å². The normalized spacial score (nSPS) is 19.0. The van der Waals surface area contributed by atoms with Gasteiger partial charge in [-0.3, -0.25) is 0 Å². The third-order valence-corrected chi connectivity index (χ3v) is 4.94. The van der Waals surface area contributed by atoms with E-state index in [-0.39, 0.29) is 12.1 Å². The Morgan fingerprint density at radius 3 is 2.76 bits per heavy atom. The van der Waals surface area contributed by atoms with Crippen molar-refractivity contribution in [3.63, 3.8) is 0 Å². The Bertz CT molecular complexity index is 614. The Kier molecular flexibility index (Phi) is 4.73. The van der Waals surface area contributed by atoms with E-state index in [9.17, 15) is 0 Å². The first-order valence-corrected chi connectivity index (χ1v) is 8.19. The van der Waals surface area contributed by atoms with Crippen molar-refractivity contribution in [2.75, 3.05) is 13.7 Å². The van der Waals surface area contributed by atoms with Crippen molar-refractivity contribution >= 4 is 15.9 Å². The zero-order chi connectivity index (χ0) is 14.7. The third kappa shape index (κ3) is 3.20. The molecular formula is C18H20BrNO. The van der Waals surface area contributed by atoms with E-state index in [1.807, 2.05) is 13.1 Å². The molecule has 1 heterocycles. The molecule has 0 aromatic heterocycles. The van der Waals surface area contributed by atoms with E-state index in [1.54, 1.807) is 0 Å². The zero-order valence-corrected chi connectivity index (χ0v) is 13.8. The highest BCUT2D eigenvalue weighted by molar-refractivity contribution is 9.10. The molecule has 2 nitrogen and oxygen atoms in total. The molecule has 21 heavy (non-hydrogen) atoms. The lowest BCUT2D eigenvalue weighted by Gasteiger charge is -2.32. The molecule has 2 aromatic rings. The molecule has 1 aliphatic heterocycles. The van der Waals surface area contributed by atoms with E-state index in [0.717, 1.165) is 23.9 Å². The van der Waals surface area contributed by atoms with Crippen LogP contribution in [0.15, 0.2) is 53.0 Å². The van der Waals surface area contributed by atoms with Crippen molar-refractivity contribution in [1.29, 1.82) is 0 Å². The molecule has 0 aliphatic carbocycles. The van der Waals surface area contributed by atoms with E-state index in [4.69, 9.17) is 4.74 Å². The maximum Gasteiger partial charge on any atom is 0.0983 e. The number of fused-ring (bicyclic) bond motifs is 1. The van der Waals surface area contributed by atoms with E-state index >= 15 is 0 Å². The number of rotatable bonds is 4. The fourth-order valence-electron chi connectivity index (χ4n) is 3.02. The van der Waals surface area contributed by atoms with Gasteiger partial charge in [0.15, 0.2) is 0 Å². The number of likely N-dealkylation sites (N-methyl/N-ethyl adjacent to an activating group) is 1. The van der Waals surface area contributed by atoms with Crippen LogP contribution in [0, 0.1) is 0 Å². The number of benzene rings is 2. The summed E-state index contributed by atoms with van der Waals surface area (Å²) in [4.78, 5) is 0. The van der Waals surface area contributed by atoms with Crippen molar-refractivity contribution in [1.82, 2.24) is 5.32 Å². The van der Waals surface area contributed by atoms with Crippen LogP contribution in [0.3, 0.4) is 0 Å². The Labute approximate surface area is 134 Å². The molecule has 1 aliphatic rings. The summed E-state index contributed by atoms with van der Waals surface area (Å²) in [5.74, 6) is 0. The van der Waals surface area contributed by atoms with Crippen molar-refractivity contribution < 1.29 is 4.74 Å². The van der Waals surface area contributed by atoms with Crippen LogP contribution in [0.2, 0.25) is 0 Å². The molecule has 0 saturated carbocycles.